The van der Waals surface area contributed by atoms with Gasteiger partial charge in [0.15, 0.2) is 0 Å². The molecule has 0 aromatic carbocycles. The maximum Gasteiger partial charge on any atom is 0.207 e. The molecule has 0 aromatic rings. The van der Waals surface area contributed by atoms with Crippen molar-refractivity contribution in [3.63, 3.8) is 0 Å². The molecule has 1 unspecified atom stereocenters. The van der Waals surface area contributed by atoms with Gasteiger partial charge in [-0.25, -0.2) is 0 Å². The van der Waals surface area contributed by atoms with Crippen LogP contribution in [0.4, 0.5) is 0 Å². The predicted octanol–water partition coefficient (Wildman–Crippen LogP) is 2.26. The van der Waals surface area contributed by atoms with Gasteiger partial charge in [-0.3, -0.25) is 4.79 Å². The van der Waals surface area contributed by atoms with Crippen molar-refractivity contribution in [1.82, 2.24) is 5.32 Å². The van der Waals surface area contributed by atoms with Crippen LogP contribution in [0.3, 0.4) is 0 Å². The molecule has 1 aliphatic rings. The zero-order chi connectivity index (χ0) is 9.40. The fourth-order valence-electron chi connectivity index (χ4n) is 1.34. The first-order valence-corrected chi connectivity index (χ1v) is 4.68. The van der Waals surface area contributed by atoms with E-state index in [4.69, 9.17) is 0 Å². The third-order valence-electron chi connectivity index (χ3n) is 1.88. The van der Waals surface area contributed by atoms with E-state index in [1.165, 1.54) is 5.57 Å². The molecular formula is C10H19NO. The largest absolute Gasteiger partial charge is 0.356 e. The number of carbonyl (C=O) groups excluding carboxylic acids is 1. The number of carbonyl (C=O) groups is 1. The second-order valence-electron chi connectivity index (χ2n) is 2.81. The fourth-order valence-corrected chi connectivity index (χ4v) is 1.34. The van der Waals surface area contributed by atoms with E-state index in [1.807, 2.05) is 13.8 Å². The Labute approximate surface area is 75.0 Å². The van der Waals surface area contributed by atoms with Gasteiger partial charge in [0.05, 0.1) is 0 Å². The summed E-state index contributed by atoms with van der Waals surface area (Å²) >= 11 is 0. The van der Waals surface area contributed by atoms with Crippen LogP contribution in [0, 0.1) is 0 Å². The van der Waals surface area contributed by atoms with Gasteiger partial charge in [-0.05, 0) is 26.2 Å². The molecule has 12 heavy (non-hydrogen) atoms. The molecule has 0 saturated carbocycles. The number of hydrogen-bond donors (Lipinski definition) is 1. The van der Waals surface area contributed by atoms with Crippen LogP contribution in [-0.4, -0.2) is 12.5 Å². The highest BCUT2D eigenvalue weighted by molar-refractivity contribution is 5.46. The Morgan fingerprint density at radius 3 is 2.75 bits per heavy atom. The van der Waals surface area contributed by atoms with Crippen molar-refractivity contribution < 1.29 is 4.79 Å². The van der Waals surface area contributed by atoms with Crippen LogP contribution in [0.5, 0.6) is 0 Å². The zero-order valence-electron chi connectivity index (χ0n) is 8.26. The lowest BCUT2D eigenvalue weighted by molar-refractivity contribution is -0.110. The normalized spacial score (nSPS) is 21.6. The number of amides is 1. The standard InChI is InChI=1S/C8H13NO.C2H6/c1-7-3-2-4-8(5-7)9-6-10;1-2/h3,6,8H,2,4-5H2,1H3,(H,9,10);1-2H3. The van der Waals surface area contributed by atoms with Gasteiger partial charge in [-0.15, -0.1) is 0 Å². The molecule has 70 valence electrons. The monoisotopic (exact) mass is 169 g/mol. The second-order valence-corrected chi connectivity index (χ2v) is 2.81. The Bertz CT molecular complexity index is 152. The first kappa shape index (κ1) is 11.2. The molecule has 1 rings (SSSR count). The minimum absolute atomic E-state index is 0.391. The van der Waals surface area contributed by atoms with Crippen molar-refractivity contribution in [3.8, 4) is 0 Å². The molecule has 0 saturated heterocycles. The van der Waals surface area contributed by atoms with Crippen molar-refractivity contribution in [2.24, 2.45) is 0 Å². The summed E-state index contributed by atoms with van der Waals surface area (Å²) in [5.41, 5.74) is 1.39. The quantitative estimate of drug-likeness (QED) is 0.498. The first-order valence-electron chi connectivity index (χ1n) is 4.68. The maximum atomic E-state index is 10.0. The van der Waals surface area contributed by atoms with Gasteiger partial charge in [-0.2, -0.15) is 0 Å². The average Bonchev–Trinajstić information content (AvgIpc) is 2.09. The van der Waals surface area contributed by atoms with E-state index in [0.29, 0.717) is 6.04 Å². The summed E-state index contributed by atoms with van der Waals surface area (Å²) in [7, 11) is 0. The van der Waals surface area contributed by atoms with Crippen molar-refractivity contribution in [2.45, 2.75) is 46.1 Å². The Hall–Kier alpha value is -0.790. The lowest BCUT2D eigenvalue weighted by Gasteiger charge is -2.19. The molecule has 0 fully saturated rings. The Kier molecular flexibility index (Phi) is 6.44. The molecule has 1 amide bonds. The second kappa shape index (κ2) is 6.89. The highest BCUT2D eigenvalue weighted by Gasteiger charge is 2.10. The molecule has 2 heteroatoms. The lowest BCUT2D eigenvalue weighted by atomic mass is 9.96. The molecule has 0 heterocycles. The minimum atomic E-state index is 0.391. The van der Waals surface area contributed by atoms with Gasteiger partial charge in [0.2, 0.25) is 6.41 Å². The summed E-state index contributed by atoms with van der Waals surface area (Å²) in [4.78, 5) is 10.0. The van der Waals surface area contributed by atoms with Crippen LogP contribution in [-0.2, 0) is 4.79 Å². The van der Waals surface area contributed by atoms with Crippen LogP contribution >= 0.6 is 0 Å². The van der Waals surface area contributed by atoms with E-state index >= 15 is 0 Å². The van der Waals surface area contributed by atoms with E-state index in [9.17, 15) is 4.79 Å². The van der Waals surface area contributed by atoms with Crippen LogP contribution in [0.2, 0.25) is 0 Å². The van der Waals surface area contributed by atoms with Crippen LogP contribution < -0.4 is 5.32 Å². The number of hydrogen-bond acceptors (Lipinski definition) is 1. The van der Waals surface area contributed by atoms with Crippen LogP contribution in [0.15, 0.2) is 11.6 Å². The third-order valence-corrected chi connectivity index (χ3v) is 1.88. The highest BCUT2D eigenvalue weighted by Crippen LogP contribution is 2.16. The third kappa shape index (κ3) is 4.16. The maximum absolute atomic E-state index is 10.0. The van der Waals surface area contributed by atoms with E-state index in [0.717, 1.165) is 25.7 Å². The molecule has 0 radical (unpaired) electrons. The molecule has 1 aliphatic carbocycles. The SMILES string of the molecule is CC.CC1=CCCC(NC=O)C1. The molecule has 0 bridgehead atoms. The van der Waals surface area contributed by atoms with Crippen molar-refractivity contribution in [1.29, 1.82) is 0 Å². The van der Waals surface area contributed by atoms with E-state index < -0.39 is 0 Å². The van der Waals surface area contributed by atoms with Crippen molar-refractivity contribution in [3.05, 3.63) is 11.6 Å². The Morgan fingerprint density at radius 2 is 2.25 bits per heavy atom. The highest BCUT2D eigenvalue weighted by atomic mass is 16.1. The zero-order valence-corrected chi connectivity index (χ0v) is 8.26. The number of rotatable bonds is 2. The summed E-state index contributed by atoms with van der Waals surface area (Å²) in [6, 6.07) is 0.391. The Morgan fingerprint density at radius 1 is 1.58 bits per heavy atom. The summed E-state index contributed by atoms with van der Waals surface area (Å²) in [5.74, 6) is 0. The average molecular weight is 169 g/mol. The summed E-state index contributed by atoms with van der Waals surface area (Å²) in [6.07, 6.45) is 6.26. The molecule has 1 N–H and O–H groups in total. The molecule has 0 aliphatic heterocycles. The van der Waals surface area contributed by atoms with Gasteiger partial charge >= 0.3 is 0 Å². The van der Waals surface area contributed by atoms with Gasteiger partial charge in [0.25, 0.3) is 0 Å². The van der Waals surface area contributed by atoms with Gasteiger partial charge in [0.1, 0.15) is 0 Å². The molecule has 0 spiro atoms. The smallest absolute Gasteiger partial charge is 0.207 e. The summed E-state index contributed by atoms with van der Waals surface area (Å²) in [5, 5.41) is 2.79. The van der Waals surface area contributed by atoms with Gasteiger partial charge in [-0.1, -0.05) is 25.5 Å². The van der Waals surface area contributed by atoms with E-state index in [1.54, 1.807) is 0 Å². The lowest BCUT2D eigenvalue weighted by Crippen LogP contribution is -2.29. The van der Waals surface area contributed by atoms with Crippen LogP contribution in [0.1, 0.15) is 40.0 Å². The van der Waals surface area contributed by atoms with Crippen LogP contribution in [0.25, 0.3) is 0 Å². The van der Waals surface area contributed by atoms with E-state index in [2.05, 4.69) is 18.3 Å². The molecule has 2 nitrogen and oxygen atoms in total. The molecule has 0 aromatic heterocycles. The molecule has 1 atom stereocenters. The summed E-state index contributed by atoms with van der Waals surface area (Å²) in [6.45, 7) is 6.11. The van der Waals surface area contributed by atoms with Crippen molar-refractivity contribution in [2.75, 3.05) is 0 Å². The van der Waals surface area contributed by atoms with E-state index in [-0.39, 0.29) is 0 Å². The van der Waals surface area contributed by atoms with Crippen molar-refractivity contribution >= 4 is 6.41 Å². The first-order chi connectivity index (χ1) is 5.83. The fraction of sp³-hybridized carbons (Fsp3) is 0.700. The molecular weight excluding hydrogens is 150 g/mol. The Balaban J connectivity index is 0.000000561. The number of allylic oxidation sites excluding steroid dienone is 1. The summed E-state index contributed by atoms with van der Waals surface area (Å²) < 4.78 is 0. The minimum Gasteiger partial charge on any atom is -0.356 e. The van der Waals surface area contributed by atoms with Gasteiger partial charge < -0.3 is 5.32 Å². The number of nitrogens with one attached hydrogen (secondary N) is 1. The topological polar surface area (TPSA) is 29.1 Å². The van der Waals surface area contributed by atoms with Gasteiger partial charge in [0, 0.05) is 6.04 Å². The predicted molar refractivity (Wildman–Crippen MR) is 51.9 cm³/mol.